The van der Waals surface area contributed by atoms with Gasteiger partial charge in [-0.15, -0.1) is 11.8 Å². The largest absolute Gasteiger partial charge is 0.354 e. The van der Waals surface area contributed by atoms with Gasteiger partial charge in [-0.1, -0.05) is 29.8 Å². The molecule has 1 aromatic carbocycles. The van der Waals surface area contributed by atoms with E-state index in [1.165, 1.54) is 5.56 Å². The average molecular weight is 405 g/mol. The van der Waals surface area contributed by atoms with E-state index in [-0.39, 0.29) is 23.8 Å². The molecule has 28 heavy (non-hydrogen) atoms. The van der Waals surface area contributed by atoms with Gasteiger partial charge in [-0.25, -0.2) is 0 Å². The highest BCUT2D eigenvalue weighted by molar-refractivity contribution is 8.04. The fourth-order valence-electron chi connectivity index (χ4n) is 3.63. The number of hydrogen-bond donors (Lipinski definition) is 2. The third-order valence-electron chi connectivity index (χ3n) is 5.32. The molecule has 3 rings (SSSR count). The van der Waals surface area contributed by atoms with Gasteiger partial charge < -0.3 is 20.1 Å². The van der Waals surface area contributed by atoms with Crippen molar-refractivity contribution in [3.05, 3.63) is 40.3 Å². The summed E-state index contributed by atoms with van der Waals surface area (Å²) in [7, 11) is 3.09. The minimum atomic E-state index is -0.445. The molecule has 152 valence electrons. The minimum Gasteiger partial charge on any atom is -0.354 e. The summed E-state index contributed by atoms with van der Waals surface area (Å²) in [5, 5.41) is 6.31. The summed E-state index contributed by atoms with van der Waals surface area (Å²) >= 11 is 1.64. The number of nitrogens with one attached hydrogen (secondary N) is 2. The average Bonchev–Trinajstić information content (AvgIpc) is 2.70. The molecule has 6 nitrogen and oxygen atoms in total. The van der Waals surface area contributed by atoms with Gasteiger partial charge >= 0.3 is 0 Å². The molecule has 1 aliphatic carbocycles. The first kappa shape index (κ1) is 20.9. The molecule has 0 bridgehead atoms. The van der Waals surface area contributed by atoms with Gasteiger partial charge in [0.05, 0.1) is 11.4 Å². The number of thioether (sulfide) groups is 1. The van der Waals surface area contributed by atoms with Crippen LogP contribution in [-0.2, 0) is 19.1 Å². The number of carbonyl (C=O) groups excluding carboxylic acids is 2. The summed E-state index contributed by atoms with van der Waals surface area (Å²) in [6.07, 6.45) is 3.89. The molecule has 1 heterocycles. The number of rotatable bonds is 6. The Morgan fingerprint density at radius 2 is 2.00 bits per heavy atom. The van der Waals surface area contributed by atoms with E-state index in [4.69, 9.17) is 9.47 Å². The molecule has 0 aromatic heterocycles. The van der Waals surface area contributed by atoms with Gasteiger partial charge in [-0.3, -0.25) is 9.59 Å². The van der Waals surface area contributed by atoms with Crippen molar-refractivity contribution in [1.29, 1.82) is 0 Å². The zero-order chi connectivity index (χ0) is 20.1. The van der Waals surface area contributed by atoms with Crippen LogP contribution in [0.25, 0.3) is 6.08 Å². The molecule has 2 aliphatic rings. The zero-order valence-electron chi connectivity index (χ0n) is 16.6. The van der Waals surface area contributed by atoms with Crippen LogP contribution in [0.1, 0.15) is 30.4 Å². The van der Waals surface area contributed by atoms with E-state index < -0.39 is 6.29 Å². The summed E-state index contributed by atoms with van der Waals surface area (Å²) in [4.78, 5) is 25.8. The van der Waals surface area contributed by atoms with Gasteiger partial charge in [-0.2, -0.15) is 0 Å². The number of amides is 2. The Balaban J connectivity index is 1.57. The van der Waals surface area contributed by atoms with Gasteiger partial charge in [0, 0.05) is 31.4 Å². The highest BCUT2D eigenvalue weighted by Gasteiger charge is 2.39. The number of benzene rings is 1. The summed E-state index contributed by atoms with van der Waals surface area (Å²) < 4.78 is 10.2. The number of fused-ring (bicyclic) bond motifs is 1. The molecule has 0 spiro atoms. The molecule has 1 saturated carbocycles. The van der Waals surface area contributed by atoms with Crippen LogP contribution >= 0.6 is 11.8 Å². The molecule has 3 atom stereocenters. The Kier molecular flexibility index (Phi) is 7.15. The van der Waals surface area contributed by atoms with Crippen molar-refractivity contribution in [2.75, 3.05) is 20.8 Å². The van der Waals surface area contributed by atoms with Crippen molar-refractivity contribution >= 4 is 29.7 Å². The smallest absolute Gasteiger partial charge is 0.257 e. The van der Waals surface area contributed by atoms with Crippen LogP contribution in [0.2, 0.25) is 0 Å². The second-order valence-electron chi connectivity index (χ2n) is 7.31. The molecule has 1 saturated heterocycles. The number of aryl methyl sites for hydroxylation is 1. The fourth-order valence-corrected chi connectivity index (χ4v) is 4.93. The van der Waals surface area contributed by atoms with Crippen molar-refractivity contribution in [3.63, 3.8) is 0 Å². The van der Waals surface area contributed by atoms with Crippen LogP contribution in [0.4, 0.5) is 0 Å². The van der Waals surface area contributed by atoms with E-state index in [1.54, 1.807) is 26.0 Å². The van der Waals surface area contributed by atoms with E-state index in [9.17, 15) is 9.59 Å². The van der Waals surface area contributed by atoms with Crippen molar-refractivity contribution in [2.45, 2.75) is 43.8 Å². The fraction of sp³-hybridized carbons (Fsp3) is 0.524. The van der Waals surface area contributed by atoms with Crippen molar-refractivity contribution in [1.82, 2.24) is 10.6 Å². The predicted molar refractivity (Wildman–Crippen MR) is 111 cm³/mol. The standard InChI is InChI=1S/C21H28N2O4S/c1-13-4-6-14(7-5-13)10-18-21(25)23-16-11-15(8-9-17(16)28-18)20(24)22-12-19(26-2)27-3/h4-7,10,15-17,19H,8-9,11-12H2,1-3H3,(H,22,24)(H,23,25)/b18-10+. The number of methoxy groups -OCH3 is 2. The molecule has 1 aromatic rings. The second kappa shape index (κ2) is 9.58. The maximum Gasteiger partial charge on any atom is 0.257 e. The SMILES string of the molecule is COC(CNC(=O)C1CCC2S/C(=C/c3ccc(C)cc3)C(=O)NC2C1)OC. The first-order valence-corrected chi connectivity index (χ1v) is 10.5. The van der Waals surface area contributed by atoms with E-state index in [2.05, 4.69) is 10.6 Å². The number of hydrogen-bond acceptors (Lipinski definition) is 5. The molecular weight excluding hydrogens is 376 g/mol. The highest BCUT2D eigenvalue weighted by Crippen LogP contribution is 2.39. The molecule has 2 amide bonds. The maximum absolute atomic E-state index is 12.6. The summed E-state index contributed by atoms with van der Waals surface area (Å²) in [5.74, 6) is -0.149. The van der Waals surface area contributed by atoms with E-state index >= 15 is 0 Å². The lowest BCUT2D eigenvalue weighted by Crippen LogP contribution is -2.52. The molecule has 1 aliphatic heterocycles. The van der Waals surface area contributed by atoms with E-state index in [0.29, 0.717) is 18.2 Å². The van der Waals surface area contributed by atoms with Crippen molar-refractivity contribution in [3.8, 4) is 0 Å². The summed E-state index contributed by atoms with van der Waals surface area (Å²) in [6, 6.07) is 8.16. The van der Waals surface area contributed by atoms with Crippen LogP contribution in [0, 0.1) is 12.8 Å². The lowest BCUT2D eigenvalue weighted by molar-refractivity contribution is -0.132. The molecule has 3 unspecified atom stereocenters. The van der Waals surface area contributed by atoms with Crippen molar-refractivity contribution in [2.24, 2.45) is 5.92 Å². The van der Waals surface area contributed by atoms with Crippen molar-refractivity contribution < 1.29 is 19.1 Å². The van der Waals surface area contributed by atoms with Crippen LogP contribution in [0.5, 0.6) is 0 Å². The Morgan fingerprint density at radius 1 is 1.29 bits per heavy atom. The molecule has 0 radical (unpaired) electrons. The molecular formula is C21H28N2O4S. The Bertz CT molecular complexity index is 730. The number of ether oxygens (including phenoxy) is 2. The highest BCUT2D eigenvalue weighted by atomic mass is 32.2. The lowest BCUT2D eigenvalue weighted by Gasteiger charge is -2.39. The lowest BCUT2D eigenvalue weighted by atomic mass is 9.84. The van der Waals surface area contributed by atoms with Crippen LogP contribution in [0.15, 0.2) is 29.2 Å². The van der Waals surface area contributed by atoms with Crippen LogP contribution < -0.4 is 10.6 Å². The first-order valence-electron chi connectivity index (χ1n) is 9.59. The molecule has 2 fully saturated rings. The first-order chi connectivity index (χ1) is 13.5. The summed E-state index contributed by atoms with van der Waals surface area (Å²) in [6.45, 7) is 2.36. The monoisotopic (exact) mass is 404 g/mol. The normalized spacial score (nSPS) is 26.1. The third-order valence-corrected chi connectivity index (χ3v) is 6.74. The van der Waals surface area contributed by atoms with Crippen LogP contribution in [-0.4, -0.2) is 50.2 Å². The zero-order valence-corrected chi connectivity index (χ0v) is 17.4. The van der Waals surface area contributed by atoms with Gasteiger partial charge in [0.15, 0.2) is 6.29 Å². The second-order valence-corrected chi connectivity index (χ2v) is 8.59. The Labute approximate surface area is 170 Å². The van der Waals surface area contributed by atoms with Gasteiger partial charge in [0.25, 0.3) is 5.91 Å². The van der Waals surface area contributed by atoms with E-state index in [1.807, 2.05) is 37.3 Å². The van der Waals surface area contributed by atoms with E-state index in [0.717, 1.165) is 23.3 Å². The van der Waals surface area contributed by atoms with Gasteiger partial charge in [0.1, 0.15) is 0 Å². The predicted octanol–water partition coefficient (Wildman–Crippen LogP) is 2.47. The number of carbonyl (C=O) groups is 2. The molecule has 2 N–H and O–H groups in total. The maximum atomic E-state index is 12.6. The Hall–Kier alpha value is -1.83. The van der Waals surface area contributed by atoms with Gasteiger partial charge in [-0.05, 0) is 37.8 Å². The third kappa shape index (κ3) is 5.16. The quantitative estimate of drug-likeness (QED) is 0.563. The Morgan fingerprint density at radius 3 is 2.68 bits per heavy atom. The molecule has 7 heteroatoms. The minimum absolute atomic E-state index is 0.00204. The summed E-state index contributed by atoms with van der Waals surface area (Å²) in [5.41, 5.74) is 2.22. The van der Waals surface area contributed by atoms with Gasteiger partial charge in [0.2, 0.25) is 5.91 Å². The van der Waals surface area contributed by atoms with Crippen LogP contribution in [0.3, 0.4) is 0 Å². The topological polar surface area (TPSA) is 76.7 Å².